The van der Waals surface area contributed by atoms with E-state index in [0.29, 0.717) is 0 Å². The number of nitrogen functional groups attached to an aromatic ring is 1. The van der Waals surface area contributed by atoms with Crippen molar-refractivity contribution in [1.82, 2.24) is 9.55 Å². The molecule has 2 fully saturated rings. The lowest BCUT2D eigenvalue weighted by molar-refractivity contribution is -0.204. The van der Waals surface area contributed by atoms with Gasteiger partial charge in [0.05, 0.1) is 17.7 Å². The molecule has 0 amide bonds. The van der Waals surface area contributed by atoms with Gasteiger partial charge in [0.1, 0.15) is 18.0 Å². The molecule has 152 valence electrons. The maximum absolute atomic E-state index is 13.9. The molecule has 27 heavy (non-hydrogen) atoms. The van der Waals surface area contributed by atoms with E-state index in [1.165, 1.54) is 0 Å². The van der Waals surface area contributed by atoms with E-state index in [1.54, 1.807) is 13.8 Å². The molecule has 3 rings (SSSR count). The maximum Gasteiger partial charge on any atom is 0.351 e. The van der Waals surface area contributed by atoms with E-state index < -0.39 is 55.6 Å². The van der Waals surface area contributed by atoms with Crippen molar-refractivity contribution < 1.29 is 32.2 Å². The van der Waals surface area contributed by atoms with Crippen molar-refractivity contribution in [2.45, 2.75) is 50.4 Å². The fraction of sp³-hybridized carbons (Fsp3) is 0.692. The Kier molecular flexibility index (Phi) is 5.65. The normalized spacial score (nSPS) is 36.4. The Bertz CT molecular complexity index is 845. The number of aliphatic hydroxyl groups is 1. The first-order chi connectivity index (χ1) is 12.5. The van der Waals surface area contributed by atoms with E-state index >= 15 is 0 Å². The fourth-order valence-corrected chi connectivity index (χ4v) is 5.56. The van der Waals surface area contributed by atoms with Crippen molar-refractivity contribution in [3.05, 3.63) is 21.7 Å². The molecule has 5 unspecified atom stereocenters. The molecule has 3 N–H and O–H groups in total. The lowest BCUT2D eigenvalue weighted by Gasteiger charge is -2.41. The van der Waals surface area contributed by atoms with Gasteiger partial charge in [-0.1, -0.05) is 11.6 Å². The summed E-state index contributed by atoms with van der Waals surface area (Å²) in [4.78, 5) is 15.6. The molecule has 5 atom stereocenters. The van der Waals surface area contributed by atoms with Crippen LogP contribution in [0.5, 0.6) is 0 Å². The summed E-state index contributed by atoms with van der Waals surface area (Å²) in [5.74, 6) is -0.244. The molecule has 2 aliphatic rings. The largest absolute Gasteiger partial charge is 0.386 e. The number of halogens is 3. The van der Waals surface area contributed by atoms with Gasteiger partial charge in [-0.3, -0.25) is 9.09 Å². The lowest BCUT2D eigenvalue weighted by atomic mass is 9.96. The van der Waals surface area contributed by atoms with E-state index in [-0.39, 0.29) is 10.8 Å². The second kappa shape index (κ2) is 7.27. The highest BCUT2D eigenvalue weighted by atomic mass is 35.5. The summed E-state index contributed by atoms with van der Waals surface area (Å²) in [6, 6.07) is 0. The third-order valence-corrected chi connectivity index (χ3v) is 6.77. The van der Waals surface area contributed by atoms with E-state index in [9.17, 15) is 18.7 Å². The van der Waals surface area contributed by atoms with Crippen LogP contribution >= 0.6 is 18.3 Å². The predicted molar refractivity (Wildman–Crippen MR) is 94.1 cm³/mol. The summed E-state index contributed by atoms with van der Waals surface area (Å²) >= 11 is 11.0. The van der Waals surface area contributed by atoms with Crippen LogP contribution in [0.15, 0.2) is 11.0 Å². The van der Waals surface area contributed by atoms with Crippen LogP contribution in [-0.2, 0) is 30.1 Å². The Labute approximate surface area is 162 Å². The molecule has 3 heterocycles. The molecule has 0 saturated carbocycles. The van der Waals surface area contributed by atoms with Crippen molar-refractivity contribution in [3.8, 4) is 0 Å². The Morgan fingerprint density at radius 2 is 2.26 bits per heavy atom. The summed E-state index contributed by atoms with van der Waals surface area (Å²) in [5, 5.41) is 10.5. The number of alkyl halides is 2. The van der Waals surface area contributed by atoms with Gasteiger partial charge in [0.25, 0.3) is 6.43 Å². The van der Waals surface area contributed by atoms with E-state index in [0.717, 1.165) is 10.8 Å². The highest BCUT2D eigenvalue weighted by molar-refractivity contribution is 8.07. The minimum absolute atomic E-state index is 0.114. The zero-order valence-corrected chi connectivity index (χ0v) is 16.6. The summed E-state index contributed by atoms with van der Waals surface area (Å²) in [6.07, 6.45) is -7.32. The van der Waals surface area contributed by atoms with Gasteiger partial charge in [0.15, 0.2) is 11.8 Å². The molecule has 0 radical (unpaired) electrons. The third-order valence-electron chi connectivity index (χ3n) is 4.03. The molecule has 14 heteroatoms. The molecule has 1 aromatic rings. The molecular formula is C13H17ClF2N3O6PS. The average Bonchev–Trinajstić information content (AvgIpc) is 2.84. The number of ether oxygens (including phenoxy) is 1. The highest BCUT2D eigenvalue weighted by Gasteiger charge is 2.66. The SMILES string of the molecule is CC(C)OP1(=S)OCC2(C(F)F)OC(n3cc(Cl)c(N)nc3=O)C(O)C2O1. The summed E-state index contributed by atoms with van der Waals surface area (Å²) < 4.78 is 50.1. The number of rotatable bonds is 4. The number of nitrogens with zero attached hydrogens (tertiary/aromatic N) is 2. The minimum atomic E-state index is -3.40. The van der Waals surface area contributed by atoms with Gasteiger partial charge in [0, 0.05) is 6.20 Å². The maximum atomic E-state index is 13.9. The van der Waals surface area contributed by atoms with Crippen LogP contribution in [0.3, 0.4) is 0 Å². The van der Waals surface area contributed by atoms with Gasteiger partial charge >= 0.3 is 12.4 Å². The molecule has 9 nitrogen and oxygen atoms in total. The second-order valence-corrected chi connectivity index (χ2v) is 9.64. The van der Waals surface area contributed by atoms with Gasteiger partial charge in [0.2, 0.25) is 0 Å². The van der Waals surface area contributed by atoms with E-state index in [4.69, 9.17) is 47.4 Å². The average molecular weight is 448 g/mol. The van der Waals surface area contributed by atoms with Gasteiger partial charge in [-0.05, 0) is 25.7 Å². The predicted octanol–water partition coefficient (Wildman–Crippen LogP) is 1.44. The lowest BCUT2D eigenvalue weighted by Crippen LogP contribution is -2.56. The van der Waals surface area contributed by atoms with E-state index in [1.807, 2.05) is 0 Å². The molecule has 1 aromatic heterocycles. The Balaban J connectivity index is 2.00. The monoisotopic (exact) mass is 447 g/mol. The van der Waals surface area contributed by atoms with Crippen LogP contribution in [-0.4, -0.2) is 51.6 Å². The topological polar surface area (TPSA) is 118 Å². The first-order valence-corrected chi connectivity index (χ1v) is 10.7. The quantitative estimate of drug-likeness (QED) is 0.661. The Morgan fingerprint density at radius 3 is 2.85 bits per heavy atom. The second-order valence-electron chi connectivity index (χ2n) is 6.32. The molecular weight excluding hydrogens is 431 g/mol. The molecule has 0 bridgehead atoms. The number of hydrogen-bond donors (Lipinski definition) is 2. The molecule has 0 aromatic carbocycles. The van der Waals surface area contributed by atoms with Crippen molar-refractivity contribution >= 4 is 35.9 Å². The number of aromatic nitrogens is 2. The first-order valence-electron chi connectivity index (χ1n) is 7.78. The Morgan fingerprint density at radius 1 is 1.59 bits per heavy atom. The van der Waals surface area contributed by atoms with Gasteiger partial charge in [-0.2, -0.15) is 4.98 Å². The molecule has 0 spiro atoms. The smallest absolute Gasteiger partial charge is 0.351 e. The molecule has 2 aliphatic heterocycles. The van der Waals surface area contributed by atoms with Crippen molar-refractivity contribution in [2.24, 2.45) is 0 Å². The Hall–Kier alpha value is -0.720. The highest BCUT2D eigenvalue weighted by Crippen LogP contribution is 2.61. The van der Waals surface area contributed by atoms with Crippen LogP contribution in [0, 0.1) is 0 Å². The van der Waals surface area contributed by atoms with Crippen LogP contribution in [0.25, 0.3) is 0 Å². The number of fused-ring (bicyclic) bond motifs is 1. The van der Waals surface area contributed by atoms with Crippen LogP contribution in [0.4, 0.5) is 14.6 Å². The van der Waals surface area contributed by atoms with Crippen molar-refractivity contribution in [1.29, 1.82) is 0 Å². The number of anilines is 1. The van der Waals surface area contributed by atoms with Gasteiger partial charge in [-0.15, -0.1) is 0 Å². The zero-order chi connectivity index (χ0) is 20.1. The standard InChI is InChI=1S/C13H17ClF2N3O6PS/c1-5(2)24-26(27)22-4-13(11(15)16)8(25-26)7(20)10(23-13)19-3-6(14)9(17)18-12(19)21/h3,5,7-8,10-11,20H,4H2,1-2H3,(H2,17,18,21). The minimum Gasteiger partial charge on any atom is -0.386 e. The number of nitrogens with two attached hydrogens (primary N) is 1. The first kappa shape index (κ1) is 21.0. The summed E-state index contributed by atoms with van der Waals surface area (Å²) in [5.41, 5.74) is 2.16. The third kappa shape index (κ3) is 3.65. The van der Waals surface area contributed by atoms with Gasteiger partial charge < -0.3 is 24.6 Å². The van der Waals surface area contributed by atoms with Crippen LogP contribution < -0.4 is 11.4 Å². The van der Waals surface area contributed by atoms with E-state index in [2.05, 4.69) is 4.98 Å². The van der Waals surface area contributed by atoms with Crippen molar-refractivity contribution in [2.75, 3.05) is 12.3 Å². The molecule has 0 aliphatic carbocycles. The summed E-state index contributed by atoms with van der Waals surface area (Å²) in [7, 11) is 0. The van der Waals surface area contributed by atoms with Gasteiger partial charge in [-0.25, -0.2) is 13.6 Å². The molecule has 2 saturated heterocycles. The van der Waals surface area contributed by atoms with Crippen LogP contribution in [0.1, 0.15) is 20.1 Å². The van der Waals surface area contributed by atoms with Crippen molar-refractivity contribution in [3.63, 3.8) is 0 Å². The number of hydrogen-bond acceptors (Lipinski definition) is 9. The summed E-state index contributed by atoms with van der Waals surface area (Å²) in [6.45, 7) is -0.742. The number of aliphatic hydroxyl groups excluding tert-OH is 1. The van der Waals surface area contributed by atoms with Crippen LogP contribution in [0.2, 0.25) is 5.02 Å². The zero-order valence-electron chi connectivity index (χ0n) is 14.1. The fourth-order valence-electron chi connectivity index (χ4n) is 2.83.